The van der Waals surface area contributed by atoms with E-state index in [0.717, 1.165) is 0 Å². The first-order valence-corrected chi connectivity index (χ1v) is 8.99. The van der Waals surface area contributed by atoms with Crippen LogP contribution in [-0.4, -0.2) is 78.7 Å². The molecule has 0 aliphatic heterocycles. The molecule has 0 bridgehead atoms. The van der Waals surface area contributed by atoms with Crippen molar-refractivity contribution in [3.63, 3.8) is 0 Å². The van der Waals surface area contributed by atoms with E-state index in [9.17, 15) is 34.8 Å². The van der Waals surface area contributed by atoms with Gasteiger partial charge in [0.1, 0.15) is 6.04 Å². The predicted molar refractivity (Wildman–Crippen MR) is 103 cm³/mol. The molecule has 0 fully saturated rings. The van der Waals surface area contributed by atoms with Crippen molar-refractivity contribution in [2.45, 2.75) is 49.8 Å². The Labute approximate surface area is 172 Å². The lowest BCUT2D eigenvalue weighted by Crippen LogP contribution is -2.63. The van der Waals surface area contributed by atoms with Crippen LogP contribution in [0, 0.1) is 0 Å². The maximum absolute atomic E-state index is 12.3. The number of hydrogen-bond donors (Lipinski definition) is 9. The van der Waals surface area contributed by atoms with Crippen molar-refractivity contribution in [2.75, 3.05) is 11.9 Å². The fraction of sp³-hybridized carbons (Fsp3) is 0.500. The van der Waals surface area contributed by atoms with Crippen LogP contribution in [0.1, 0.15) is 25.3 Å². The van der Waals surface area contributed by atoms with Crippen LogP contribution in [0.15, 0.2) is 24.3 Å². The molecule has 168 valence electrons. The lowest BCUT2D eigenvalue weighted by atomic mass is 9.97. The number of anilines is 1. The molecule has 0 aliphatic rings. The standard InChI is InChI=1S/C18H27N3O9/c1-10(20-15(25)12(19)9-22)8-17(27,28)18(29,30)16(26)21-13-5-3-2-4-11(13)6-7-14(23)24/h2-5,10,12,22,27-30H,6-9,19H2,1H3,(H,20,25)(H,21,26)(H,23,24)/t10?,12-/m0/s1. The number of aryl methyl sites for hydroxylation is 1. The van der Waals surface area contributed by atoms with Gasteiger partial charge in [-0.1, -0.05) is 18.2 Å². The van der Waals surface area contributed by atoms with Crippen molar-refractivity contribution in [2.24, 2.45) is 5.73 Å². The average Bonchev–Trinajstić information content (AvgIpc) is 2.65. The second kappa shape index (κ2) is 10.4. The highest BCUT2D eigenvalue weighted by molar-refractivity contribution is 5.97. The van der Waals surface area contributed by atoms with Gasteiger partial charge in [0.2, 0.25) is 11.7 Å². The third-order valence-corrected chi connectivity index (χ3v) is 4.26. The number of carbonyl (C=O) groups excluding carboxylic acids is 2. The van der Waals surface area contributed by atoms with Crippen LogP contribution in [0.2, 0.25) is 0 Å². The number of rotatable bonds is 11. The normalized spacial score (nSPS) is 14.0. The molecule has 0 aliphatic carbocycles. The van der Waals surface area contributed by atoms with E-state index in [1.54, 1.807) is 6.07 Å². The van der Waals surface area contributed by atoms with Gasteiger partial charge in [-0.25, -0.2) is 0 Å². The Balaban J connectivity index is 2.90. The molecule has 1 aromatic carbocycles. The summed E-state index contributed by atoms with van der Waals surface area (Å²) in [6.45, 7) is 0.633. The highest BCUT2D eigenvalue weighted by Gasteiger charge is 2.54. The van der Waals surface area contributed by atoms with Crippen molar-refractivity contribution in [3.05, 3.63) is 29.8 Å². The van der Waals surface area contributed by atoms with Crippen molar-refractivity contribution in [1.82, 2.24) is 5.32 Å². The van der Waals surface area contributed by atoms with Crippen molar-refractivity contribution >= 4 is 23.5 Å². The fourth-order valence-electron chi connectivity index (χ4n) is 2.55. The molecule has 1 rings (SSSR count). The van der Waals surface area contributed by atoms with Crippen LogP contribution in [0.25, 0.3) is 0 Å². The molecule has 30 heavy (non-hydrogen) atoms. The van der Waals surface area contributed by atoms with Crippen LogP contribution >= 0.6 is 0 Å². The summed E-state index contributed by atoms with van der Waals surface area (Å²) in [6, 6.07) is 3.64. The van der Waals surface area contributed by atoms with E-state index < -0.39 is 54.5 Å². The summed E-state index contributed by atoms with van der Waals surface area (Å²) in [5.74, 6) is -10.6. The van der Waals surface area contributed by atoms with Crippen LogP contribution in [0.5, 0.6) is 0 Å². The summed E-state index contributed by atoms with van der Waals surface area (Å²) in [5, 5.41) is 62.4. The molecular formula is C18H27N3O9. The second-order valence-corrected chi connectivity index (χ2v) is 6.90. The van der Waals surface area contributed by atoms with Gasteiger partial charge >= 0.3 is 11.8 Å². The first kappa shape index (κ1) is 25.4. The van der Waals surface area contributed by atoms with Gasteiger partial charge in [0.25, 0.3) is 5.91 Å². The zero-order chi connectivity index (χ0) is 23.1. The first-order valence-electron chi connectivity index (χ1n) is 8.99. The highest BCUT2D eigenvalue weighted by atomic mass is 16.6. The summed E-state index contributed by atoms with van der Waals surface area (Å²) >= 11 is 0. The summed E-state index contributed by atoms with van der Waals surface area (Å²) in [5.41, 5.74) is 5.76. The van der Waals surface area contributed by atoms with Crippen LogP contribution in [0.3, 0.4) is 0 Å². The molecule has 10 N–H and O–H groups in total. The molecule has 12 heteroatoms. The van der Waals surface area contributed by atoms with Gasteiger partial charge in [0, 0.05) is 24.6 Å². The smallest absolute Gasteiger partial charge is 0.303 e. The summed E-state index contributed by atoms with van der Waals surface area (Å²) in [4.78, 5) is 34.7. The van der Waals surface area contributed by atoms with Gasteiger partial charge < -0.3 is 47.0 Å². The van der Waals surface area contributed by atoms with E-state index in [2.05, 4.69) is 10.6 Å². The van der Waals surface area contributed by atoms with Gasteiger partial charge in [-0.2, -0.15) is 0 Å². The average molecular weight is 429 g/mol. The molecule has 0 spiro atoms. The zero-order valence-corrected chi connectivity index (χ0v) is 16.3. The Morgan fingerprint density at radius 1 is 1.13 bits per heavy atom. The monoisotopic (exact) mass is 429 g/mol. The molecule has 0 aromatic heterocycles. The fourth-order valence-corrected chi connectivity index (χ4v) is 2.55. The van der Waals surface area contributed by atoms with E-state index in [-0.39, 0.29) is 18.5 Å². The minimum Gasteiger partial charge on any atom is -0.481 e. The molecule has 0 heterocycles. The molecule has 0 radical (unpaired) electrons. The number of benzene rings is 1. The lowest BCUT2D eigenvalue weighted by molar-refractivity contribution is -0.338. The highest BCUT2D eigenvalue weighted by Crippen LogP contribution is 2.26. The zero-order valence-electron chi connectivity index (χ0n) is 16.3. The largest absolute Gasteiger partial charge is 0.481 e. The molecule has 2 amide bonds. The molecule has 12 nitrogen and oxygen atoms in total. The third kappa shape index (κ3) is 6.73. The van der Waals surface area contributed by atoms with Gasteiger partial charge in [-0.3, -0.25) is 14.4 Å². The van der Waals surface area contributed by atoms with Crippen molar-refractivity contribution in [1.29, 1.82) is 0 Å². The molecule has 0 saturated heterocycles. The Morgan fingerprint density at radius 2 is 1.73 bits per heavy atom. The number of amides is 2. The number of nitrogens with one attached hydrogen (secondary N) is 2. The Kier molecular flexibility index (Phi) is 8.84. The number of hydrogen-bond acceptors (Lipinski definition) is 9. The Hall–Kier alpha value is -2.61. The number of para-hydroxylation sites is 1. The predicted octanol–water partition coefficient (Wildman–Crippen LogP) is -2.78. The SMILES string of the molecule is CC(CC(O)(O)C(O)(O)C(=O)Nc1ccccc1CCC(=O)O)NC(=O)[C@@H](N)CO. The number of nitrogens with two attached hydrogens (primary N) is 1. The number of aliphatic carboxylic acids is 1. The molecule has 1 aromatic rings. The summed E-state index contributed by atoms with van der Waals surface area (Å²) in [6.07, 6.45) is -1.08. The maximum atomic E-state index is 12.3. The van der Waals surface area contributed by atoms with E-state index in [4.69, 9.17) is 15.9 Å². The number of aliphatic hydroxyl groups is 5. The molecule has 0 saturated carbocycles. The van der Waals surface area contributed by atoms with Crippen LogP contribution in [0.4, 0.5) is 5.69 Å². The van der Waals surface area contributed by atoms with E-state index in [0.29, 0.717) is 5.56 Å². The number of carbonyl (C=O) groups is 3. The first-order chi connectivity index (χ1) is 13.8. The Bertz CT molecular complexity index is 767. The van der Waals surface area contributed by atoms with E-state index >= 15 is 0 Å². The van der Waals surface area contributed by atoms with Gasteiger partial charge in [-0.15, -0.1) is 0 Å². The maximum Gasteiger partial charge on any atom is 0.303 e. The van der Waals surface area contributed by atoms with Crippen LogP contribution < -0.4 is 16.4 Å². The second-order valence-electron chi connectivity index (χ2n) is 6.90. The van der Waals surface area contributed by atoms with E-state index in [1.807, 2.05) is 0 Å². The summed E-state index contributed by atoms with van der Waals surface area (Å²) < 4.78 is 0. The van der Waals surface area contributed by atoms with Gasteiger partial charge in [-0.05, 0) is 25.0 Å². The molecule has 1 unspecified atom stereocenters. The van der Waals surface area contributed by atoms with Crippen LogP contribution in [-0.2, 0) is 20.8 Å². The topological polar surface area (TPSA) is 223 Å². The number of carboxylic acid groups (broad SMARTS) is 1. The Morgan fingerprint density at radius 3 is 2.30 bits per heavy atom. The minimum atomic E-state index is -3.69. The molecule has 2 atom stereocenters. The molecular weight excluding hydrogens is 402 g/mol. The quantitative estimate of drug-likeness (QED) is 0.164. The van der Waals surface area contributed by atoms with Gasteiger partial charge in [0.15, 0.2) is 0 Å². The number of carboxylic acids is 1. The minimum absolute atomic E-state index is 0.0349. The van der Waals surface area contributed by atoms with Gasteiger partial charge in [0.05, 0.1) is 6.61 Å². The number of aliphatic hydroxyl groups excluding tert-OH is 1. The summed E-state index contributed by atoms with van der Waals surface area (Å²) in [7, 11) is 0. The third-order valence-electron chi connectivity index (χ3n) is 4.26. The lowest BCUT2D eigenvalue weighted by Gasteiger charge is -2.35. The van der Waals surface area contributed by atoms with Crippen molar-refractivity contribution < 1.29 is 45.0 Å². The van der Waals surface area contributed by atoms with E-state index in [1.165, 1.54) is 25.1 Å². The van der Waals surface area contributed by atoms with Crippen molar-refractivity contribution in [3.8, 4) is 0 Å².